The van der Waals surface area contributed by atoms with Crippen molar-refractivity contribution in [2.45, 2.75) is 37.6 Å². The normalized spacial score (nSPS) is 23.7. The fourth-order valence-electron chi connectivity index (χ4n) is 3.99. The number of nitrogens with zero attached hydrogens (tertiary/aromatic N) is 5. The van der Waals surface area contributed by atoms with Crippen LogP contribution in [-0.2, 0) is 4.79 Å². The van der Waals surface area contributed by atoms with Gasteiger partial charge in [0.05, 0.1) is 12.2 Å². The summed E-state index contributed by atoms with van der Waals surface area (Å²) < 4.78 is 1.94. The van der Waals surface area contributed by atoms with E-state index in [-0.39, 0.29) is 6.04 Å². The summed E-state index contributed by atoms with van der Waals surface area (Å²) in [6.07, 6.45) is 7.80. The van der Waals surface area contributed by atoms with Gasteiger partial charge in [0.15, 0.2) is 5.65 Å². The van der Waals surface area contributed by atoms with E-state index in [1.807, 2.05) is 16.8 Å². The van der Waals surface area contributed by atoms with Crippen LogP contribution >= 0.6 is 0 Å². The van der Waals surface area contributed by atoms with Crippen molar-refractivity contribution in [1.29, 1.82) is 0 Å². The molecule has 2 aliphatic heterocycles. The molecule has 122 valence electrons. The van der Waals surface area contributed by atoms with Crippen molar-refractivity contribution >= 4 is 11.6 Å². The van der Waals surface area contributed by atoms with E-state index in [1.54, 1.807) is 6.20 Å². The van der Waals surface area contributed by atoms with Gasteiger partial charge in [-0.15, -0.1) is 0 Å². The van der Waals surface area contributed by atoms with Crippen molar-refractivity contribution in [1.82, 2.24) is 24.4 Å². The number of amides is 1. The Labute approximate surface area is 136 Å². The lowest BCUT2D eigenvalue weighted by atomic mass is 9.92. The summed E-state index contributed by atoms with van der Waals surface area (Å²) in [7, 11) is 2.06. The van der Waals surface area contributed by atoms with Crippen LogP contribution in [0, 0.1) is 0 Å². The van der Waals surface area contributed by atoms with E-state index in [1.165, 1.54) is 5.69 Å². The van der Waals surface area contributed by atoms with Gasteiger partial charge < -0.3 is 4.90 Å². The minimum Gasteiger partial charge on any atom is -0.341 e. The highest BCUT2D eigenvalue weighted by Crippen LogP contribution is 2.29. The second kappa shape index (κ2) is 5.92. The zero-order chi connectivity index (χ0) is 15.8. The monoisotopic (exact) mass is 313 g/mol. The van der Waals surface area contributed by atoms with E-state index in [2.05, 4.69) is 33.0 Å². The van der Waals surface area contributed by atoms with Gasteiger partial charge in [-0.25, -0.2) is 9.50 Å². The standard InChI is InChI=1S/C17H23N5O/c1-20-10-2-3-15(20)17(23)21-11-6-13(7-12-21)14-4-8-18-16-5-9-19-22(14)16/h4-5,8-9,13,15H,2-3,6-7,10-12H2,1H3/t15-/m1/s1. The average molecular weight is 313 g/mol. The number of hydrogen-bond acceptors (Lipinski definition) is 4. The van der Waals surface area contributed by atoms with Crippen LogP contribution in [0.5, 0.6) is 0 Å². The van der Waals surface area contributed by atoms with Crippen LogP contribution < -0.4 is 0 Å². The van der Waals surface area contributed by atoms with E-state index < -0.39 is 0 Å². The lowest BCUT2D eigenvalue weighted by Crippen LogP contribution is -2.47. The molecule has 2 aromatic rings. The van der Waals surface area contributed by atoms with Gasteiger partial charge in [0.25, 0.3) is 0 Å². The highest BCUT2D eigenvalue weighted by Gasteiger charge is 2.33. The van der Waals surface area contributed by atoms with Crippen molar-refractivity contribution in [2.75, 3.05) is 26.7 Å². The lowest BCUT2D eigenvalue weighted by molar-refractivity contribution is -0.136. The Hall–Kier alpha value is -1.95. The van der Waals surface area contributed by atoms with Crippen LogP contribution in [0.3, 0.4) is 0 Å². The number of fused-ring (bicyclic) bond motifs is 1. The van der Waals surface area contributed by atoms with Gasteiger partial charge in [-0.3, -0.25) is 9.69 Å². The van der Waals surface area contributed by atoms with Gasteiger partial charge >= 0.3 is 0 Å². The van der Waals surface area contributed by atoms with E-state index in [4.69, 9.17) is 0 Å². The summed E-state index contributed by atoms with van der Waals surface area (Å²) in [6, 6.07) is 4.09. The van der Waals surface area contributed by atoms with Gasteiger partial charge in [0.1, 0.15) is 0 Å². The molecule has 1 atom stereocenters. The zero-order valence-electron chi connectivity index (χ0n) is 13.6. The molecular weight excluding hydrogens is 290 g/mol. The maximum atomic E-state index is 12.7. The first kappa shape index (κ1) is 14.6. The molecule has 0 N–H and O–H groups in total. The first-order valence-electron chi connectivity index (χ1n) is 8.52. The molecule has 0 spiro atoms. The van der Waals surface area contributed by atoms with Crippen LogP contribution in [0.1, 0.15) is 37.3 Å². The van der Waals surface area contributed by atoms with Crippen LogP contribution in [0.25, 0.3) is 5.65 Å². The fourth-order valence-corrected chi connectivity index (χ4v) is 3.99. The Morgan fingerprint density at radius 2 is 1.96 bits per heavy atom. The molecule has 2 aliphatic rings. The second-order valence-corrected chi connectivity index (χ2v) is 6.71. The van der Waals surface area contributed by atoms with Crippen molar-refractivity contribution in [3.8, 4) is 0 Å². The Morgan fingerprint density at radius 3 is 2.70 bits per heavy atom. The van der Waals surface area contributed by atoms with E-state index in [0.717, 1.165) is 51.0 Å². The van der Waals surface area contributed by atoms with Crippen molar-refractivity contribution in [2.24, 2.45) is 0 Å². The lowest BCUT2D eigenvalue weighted by Gasteiger charge is -2.35. The van der Waals surface area contributed by atoms with Crippen molar-refractivity contribution in [3.05, 3.63) is 30.2 Å². The third-order valence-corrected chi connectivity index (χ3v) is 5.35. The predicted molar refractivity (Wildman–Crippen MR) is 87.2 cm³/mol. The number of carbonyl (C=O) groups is 1. The molecule has 0 unspecified atom stereocenters. The fraction of sp³-hybridized carbons (Fsp3) is 0.588. The number of likely N-dealkylation sites (N-methyl/N-ethyl adjacent to an activating group) is 1. The first-order valence-corrected chi connectivity index (χ1v) is 8.52. The molecule has 6 heteroatoms. The number of carbonyl (C=O) groups excluding carboxylic acids is 1. The summed E-state index contributed by atoms with van der Waals surface area (Å²) in [4.78, 5) is 21.3. The highest BCUT2D eigenvalue weighted by atomic mass is 16.2. The quantitative estimate of drug-likeness (QED) is 0.844. The van der Waals surface area contributed by atoms with Gasteiger partial charge in [0, 0.05) is 37.0 Å². The van der Waals surface area contributed by atoms with E-state index >= 15 is 0 Å². The van der Waals surface area contributed by atoms with Gasteiger partial charge in [-0.2, -0.15) is 5.10 Å². The maximum absolute atomic E-state index is 12.7. The predicted octanol–water partition coefficient (Wildman–Crippen LogP) is 1.53. The Kier molecular flexibility index (Phi) is 3.77. The summed E-state index contributed by atoms with van der Waals surface area (Å²) in [5.41, 5.74) is 2.11. The largest absolute Gasteiger partial charge is 0.341 e. The molecule has 0 radical (unpaired) electrons. The minimum absolute atomic E-state index is 0.102. The van der Waals surface area contributed by atoms with Crippen molar-refractivity contribution in [3.63, 3.8) is 0 Å². The Bertz CT molecular complexity index is 704. The molecule has 0 bridgehead atoms. The van der Waals surface area contributed by atoms with Crippen LogP contribution in [0.15, 0.2) is 24.5 Å². The summed E-state index contributed by atoms with van der Waals surface area (Å²) in [5, 5.41) is 4.39. The van der Waals surface area contributed by atoms with Crippen molar-refractivity contribution < 1.29 is 4.79 Å². The minimum atomic E-state index is 0.102. The molecule has 2 saturated heterocycles. The molecule has 0 saturated carbocycles. The van der Waals surface area contributed by atoms with Crippen LogP contribution in [0.2, 0.25) is 0 Å². The van der Waals surface area contributed by atoms with Gasteiger partial charge in [-0.05, 0) is 45.3 Å². The molecule has 4 rings (SSSR count). The smallest absolute Gasteiger partial charge is 0.239 e. The summed E-state index contributed by atoms with van der Waals surface area (Å²) in [6.45, 7) is 2.74. The van der Waals surface area contributed by atoms with Gasteiger partial charge in [0.2, 0.25) is 5.91 Å². The molecule has 0 aliphatic carbocycles. The third kappa shape index (κ3) is 2.61. The van der Waals surface area contributed by atoms with Gasteiger partial charge in [-0.1, -0.05) is 0 Å². The zero-order valence-corrected chi connectivity index (χ0v) is 13.6. The number of aromatic nitrogens is 3. The summed E-state index contributed by atoms with van der Waals surface area (Å²) in [5.74, 6) is 0.771. The summed E-state index contributed by atoms with van der Waals surface area (Å²) >= 11 is 0. The molecule has 6 nitrogen and oxygen atoms in total. The van der Waals surface area contributed by atoms with E-state index in [0.29, 0.717) is 11.8 Å². The molecular formula is C17H23N5O. The number of rotatable bonds is 2. The molecule has 4 heterocycles. The topological polar surface area (TPSA) is 53.7 Å². The molecule has 23 heavy (non-hydrogen) atoms. The Morgan fingerprint density at radius 1 is 1.13 bits per heavy atom. The number of likely N-dealkylation sites (tertiary alicyclic amines) is 2. The van der Waals surface area contributed by atoms with Crippen LogP contribution in [-0.4, -0.2) is 63.0 Å². The number of hydrogen-bond donors (Lipinski definition) is 0. The second-order valence-electron chi connectivity index (χ2n) is 6.71. The third-order valence-electron chi connectivity index (χ3n) is 5.35. The molecule has 2 fully saturated rings. The van der Waals surface area contributed by atoms with Crippen LogP contribution in [0.4, 0.5) is 0 Å². The first-order chi connectivity index (χ1) is 11.2. The maximum Gasteiger partial charge on any atom is 0.239 e. The Balaban J connectivity index is 1.45. The average Bonchev–Trinajstić information content (AvgIpc) is 3.22. The molecule has 0 aromatic carbocycles. The number of piperidine rings is 1. The highest BCUT2D eigenvalue weighted by molar-refractivity contribution is 5.82. The van der Waals surface area contributed by atoms with E-state index in [9.17, 15) is 4.79 Å². The molecule has 1 amide bonds. The SMILES string of the molecule is CN1CCC[C@@H]1C(=O)N1CCC(c2ccnc3ccnn23)CC1. The molecule has 2 aromatic heterocycles.